The van der Waals surface area contributed by atoms with Crippen molar-refractivity contribution in [1.82, 2.24) is 5.32 Å². The Morgan fingerprint density at radius 1 is 1.17 bits per heavy atom. The molecule has 1 aromatic rings. The standard InChI is InChI=1S/C13H19FN2O2/c14-11-7-3-4-8-12(11)16-13(18)15-9-5-1-2-6-10-17/h3-4,7-8,17H,1-2,5-6,9-10H2,(H2,15,16,18). The van der Waals surface area contributed by atoms with Crippen LogP contribution in [0.5, 0.6) is 0 Å². The van der Waals surface area contributed by atoms with Crippen molar-refractivity contribution in [3.63, 3.8) is 0 Å². The largest absolute Gasteiger partial charge is 0.396 e. The topological polar surface area (TPSA) is 61.4 Å². The first-order chi connectivity index (χ1) is 8.74. The van der Waals surface area contributed by atoms with Gasteiger partial charge < -0.3 is 15.7 Å². The van der Waals surface area contributed by atoms with Crippen molar-refractivity contribution in [2.75, 3.05) is 18.5 Å². The number of nitrogens with one attached hydrogen (secondary N) is 2. The maximum atomic E-state index is 13.2. The van der Waals surface area contributed by atoms with Gasteiger partial charge in [0.15, 0.2) is 0 Å². The maximum Gasteiger partial charge on any atom is 0.319 e. The first-order valence-electron chi connectivity index (χ1n) is 6.14. The summed E-state index contributed by atoms with van der Waals surface area (Å²) in [6.07, 6.45) is 3.56. The summed E-state index contributed by atoms with van der Waals surface area (Å²) >= 11 is 0. The van der Waals surface area contributed by atoms with Crippen LogP contribution in [-0.4, -0.2) is 24.3 Å². The number of urea groups is 1. The lowest BCUT2D eigenvalue weighted by Gasteiger charge is -2.08. The number of aliphatic hydroxyl groups is 1. The van der Waals surface area contributed by atoms with Gasteiger partial charge in [-0.05, 0) is 25.0 Å². The highest BCUT2D eigenvalue weighted by Gasteiger charge is 2.04. The molecular formula is C13H19FN2O2. The van der Waals surface area contributed by atoms with Crippen molar-refractivity contribution in [3.05, 3.63) is 30.1 Å². The zero-order valence-electron chi connectivity index (χ0n) is 10.3. The third-order valence-corrected chi connectivity index (χ3v) is 2.49. The highest BCUT2D eigenvalue weighted by molar-refractivity contribution is 5.89. The lowest BCUT2D eigenvalue weighted by Crippen LogP contribution is -2.29. The van der Waals surface area contributed by atoms with Gasteiger partial charge in [-0.2, -0.15) is 0 Å². The Kier molecular flexibility index (Phi) is 6.79. The molecule has 0 aromatic heterocycles. The first-order valence-corrected chi connectivity index (χ1v) is 6.14. The zero-order chi connectivity index (χ0) is 13.2. The van der Waals surface area contributed by atoms with E-state index in [9.17, 15) is 9.18 Å². The number of hydrogen-bond acceptors (Lipinski definition) is 2. The summed E-state index contributed by atoms with van der Waals surface area (Å²) in [5, 5.41) is 13.7. The van der Waals surface area contributed by atoms with Crippen LogP contribution in [0.25, 0.3) is 0 Å². The van der Waals surface area contributed by atoms with E-state index < -0.39 is 11.8 Å². The van der Waals surface area contributed by atoms with Crippen LogP contribution in [0.2, 0.25) is 0 Å². The SMILES string of the molecule is O=C(NCCCCCCO)Nc1ccccc1F. The Bertz CT molecular complexity index is 372. The molecule has 0 radical (unpaired) electrons. The molecule has 100 valence electrons. The molecule has 1 rings (SSSR count). The van der Waals surface area contributed by atoms with Crippen molar-refractivity contribution < 1.29 is 14.3 Å². The van der Waals surface area contributed by atoms with E-state index in [-0.39, 0.29) is 12.3 Å². The number of anilines is 1. The van der Waals surface area contributed by atoms with E-state index in [2.05, 4.69) is 10.6 Å². The van der Waals surface area contributed by atoms with E-state index in [1.807, 2.05) is 0 Å². The molecule has 5 heteroatoms. The highest BCUT2D eigenvalue weighted by atomic mass is 19.1. The predicted molar refractivity (Wildman–Crippen MR) is 69.0 cm³/mol. The van der Waals surface area contributed by atoms with Gasteiger partial charge in [-0.15, -0.1) is 0 Å². The fourth-order valence-corrected chi connectivity index (χ4v) is 1.52. The molecule has 0 bridgehead atoms. The molecule has 0 spiro atoms. The highest BCUT2D eigenvalue weighted by Crippen LogP contribution is 2.11. The molecule has 4 nitrogen and oxygen atoms in total. The summed E-state index contributed by atoms with van der Waals surface area (Å²) in [6, 6.07) is 5.63. The normalized spacial score (nSPS) is 10.1. The number of para-hydroxylation sites is 1. The number of hydrogen-bond donors (Lipinski definition) is 3. The molecule has 0 heterocycles. The van der Waals surface area contributed by atoms with E-state index in [1.54, 1.807) is 12.1 Å². The number of amides is 2. The van der Waals surface area contributed by atoms with Crippen LogP contribution in [0.3, 0.4) is 0 Å². The predicted octanol–water partition coefficient (Wildman–Crippen LogP) is 2.50. The van der Waals surface area contributed by atoms with Crippen LogP contribution in [0, 0.1) is 5.82 Å². The average Bonchev–Trinajstić information content (AvgIpc) is 2.36. The first kappa shape index (κ1) is 14.4. The molecule has 0 atom stereocenters. The monoisotopic (exact) mass is 254 g/mol. The maximum absolute atomic E-state index is 13.2. The Morgan fingerprint density at radius 3 is 2.61 bits per heavy atom. The molecule has 0 aliphatic rings. The number of benzene rings is 1. The molecule has 0 unspecified atom stereocenters. The van der Waals surface area contributed by atoms with Crippen LogP contribution in [0.15, 0.2) is 24.3 Å². The molecule has 0 aliphatic carbocycles. The Hall–Kier alpha value is -1.62. The van der Waals surface area contributed by atoms with Gasteiger partial charge in [0.1, 0.15) is 5.82 Å². The van der Waals surface area contributed by atoms with Crippen LogP contribution in [0.4, 0.5) is 14.9 Å². The third kappa shape index (κ3) is 5.63. The minimum atomic E-state index is -0.449. The molecule has 0 fully saturated rings. The van der Waals surface area contributed by atoms with Gasteiger partial charge in [0, 0.05) is 13.2 Å². The van der Waals surface area contributed by atoms with Gasteiger partial charge in [-0.1, -0.05) is 25.0 Å². The summed E-state index contributed by atoms with van der Waals surface area (Å²) in [5.74, 6) is -0.449. The van der Waals surface area contributed by atoms with E-state index in [4.69, 9.17) is 5.11 Å². The van der Waals surface area contributed by atoms with Gasteiger partial charge in [-0.3, -0.25) is 0 Å². The van der Waals surface area contributed by atoms with Crippen LogP contribution < -0.4 is 10.6 Å². The van der Waals surface area contributed by atoms with Crippen molar-refractivity contribution in [3.8, 4) is 0 Å². The lowest BCUT2D eigenvalue weighted by molar-refractivity contribution is 0.251. The molecule has 3 N–H and O–H groups in total. The molecule has 1 aromatic carbocycles. The number of carbonyl (C=O) groups excluding carboxylic acids is 1. The van der Waals surface area contributed by atoms with Gasteiger partial charge in [0.2, 0.25) is 0 Å². The molecule has 0 saturated heterocycles. The number of carbonyl (C=O) groups is 1. The summed E-state index contributed by atoms with van der Waals surface area (Å²) in [4.78, 5) is 11.4. The Labute approximate surface area is 106 Å². The summed E-state index contributed by atoms with van der Waals surface area (Å²) in [5.41, 5.74) is 0.176. The lowest BCUT2D eigenvalue weighted by atomic mass is 10.2. The van der Waals surface area contributed by atoms with Crippen molar-refractivity contribution in [2.24, 2.45) is 0 Å². The summed E-state index contributed by atoms with van der Waals surface area (Å²) < 4.78 is 13.2. The number of unbranched alkanes of at least 4 members (excludes halogenated alkanes) is 3. The van der Waals surface area contributed by atoms with E-state index >= 15 is 0 Å². The van der Waals surface area contributed by atoms with Gasteiger partial charge >= 0.3 is 6.03 Å². The minimum absolute atomic E-state index is 0.176. The second kappa shape index (κ2) is 8.47. The van der Waals surface area contributed by atoms with E-state index in [0.717, 1.165) is 25.7 Å². The minimum Gasteiger partial charge on any atom is -0.396 e. The van der Waals surface area contributed by atoms with Crippen molar-refractivity contribution in [2.45, 2.75) is 25.7 Å². The molecule has 18 heavy (non-hydrogen) atoms. The summed E-state index contributed by atoms with van der Waals surface area (Å²) in [6.45, 7) is 0.757. The Balaban J connectivity index is 2.16. The molecule has 0 aliphatic heterocycles. The van der Waals surface area contributed by atoms with Gasteiger partial charge in [0.05, 0.1) is 5.69 Å². The van der Waals surface area contributed by atoms with Gasteiger partial charge in [-0.25, -0.2) is 9.18 Å². The fourth-order valence-electron chi connectivity index (χ4n) is 1.52. The number of halogens is 1. The third-order valence-electron chi connectivity index (χ3n) is 2.49. The van der Waals surface area contributed by atoms with E-state index in [0.29, 0.717) is 6.54 Å². The summed E-state index contributed by atoms with van der Waals surface area (Å²) in [7, 11) is 0. The average molecular weight is 254 g/mol. The number of aliphatic hydroxyl groups excluding tert-OH is 1. The van der Waals surface area contributed by atoms with E-state index in [1.165, 1.54) is 12.1 Å². The smallest absolute Gasteiger partial charge is 0.319 e. The zero-order valence-corrected chi connectivity index (χ0v) is 10.3. The fraction of sp³-hybridized carbons (Fsp3) is 0.462. The molecule has 2 amide bonds. The van der Waals surface area contributed by atoms with Crippen molar-refractivity contribution >= 4 is 11.7 Å². The van der Waals surface area contributed by atoms with Gasteiger partial charge in [0.25, 0.3) is 0 Å². The Morgan fingerprint density at radius 2 is 1.89 bits per heavy atom. The van der Waals surface area contributed by atoms with Crippen LogP contribution in [0.1, 0.15) is 25.7 Å². The quantitative estimate of drug-likeness (QED) is 0.655. The molecular weight excluding hydrogens is 235 g/mol. The van der Waals surface area contributed by atoms with Crippen molar-refractivity contribution in [1.29, 1.82) is 0 Å². The second-order valence-corrected chi connectivity index (χ2v) is 4.00. The second-order valence-electron chi connectivity index (χ2n) is 4.00. The number of rotatable bonds is 7. The van der Waals surface area contributed by atoms with Crippen LogP contribution >= 0.6 is 0 Å². The molecule has 0 saturated carbocycles. The van der Waals surface area contributed by atoms with Crippen LogP contribution in [-0.2, 0) is 0 Å².